The van der Waals surface area contributed by atoms with E-state index in [2.05, 4.69) is 24.8 Å². The number of aromatic nitrogens is 2. The zero-order valence-electron chi connectivity index (χ0n) is 18.3. The van der Waals surface area contributed by atoms with E-state index in [0.717, 1.165) is 28.8 Å². The molecule has 1 aliphatic heterocycles. The molecule has 0 unspecified atom stereocenters. The highest BCUT2D eigenvalue weighted by Gasteiger charge is 2.21. The highest BCUT2D eigenvalue weighted by Crippen LogP contribution is 2.28. The molecule has 1 fully saturated rings. The van der Waals surface area contributed by atoms with Crippen LogP contribution < -0.4 is 4.90 Å². The Kier molecular flexibility index (Phi) is 6.77. The Morgan fingerprint density at radius 2 is 1.74 bits per heavy atom. The Hall–Kier alpha value is -2.99. The van der Waals surface area contributed by atoms with Crippen LogP contribution in [0.15, 0.2) is 54.6 Å². The summed E-state index contributed by atoms with van der Waals surface area (Å²) < 4.78 is 5.38. The van der Waals surface area contributed by atoms with Gasteiger partial charge < -0.3 is 14.5 Å². The minimum absolute atomic E-state index is 0.179. The third kappa shape index (κ3) is 5.20. The van der Waals surface area contributed by atoms with Crippen molar-refractivity contribution in [2.24, 2.45) is 5.92 Å². The Labute approximate surface area is 183 Å². The monoisotopic (exact) mass is 418 g/mol. The minimum atomic E-state index is 0.179. The average molecular weight is 419 g/mol. The summed E-state index contributed by atoms with van der Waals surface area (Å²) in [5, 5.41) is 1.02. The van der Waals surface area contributed by atoms with E-state index >= 15 is 0 Å². The first-order chi connectivity index (χ1) is 15.1. The molecule has 0 atom stereocenters. The zero-order valence-corrected chi connectivity index (χ0v) is 18.3. The molecule has 1 aliphatic rings. The SMILES string of the molecule is CC(C)CN(CCC(=O)N1CCOCC1)c1nc(-c2ccccc2)nc2ccccc12. The molecule has 0 N–H and O–H groups in total. The summed E-state index contributed by atoms with van der Waals surface area (Å²) in [6.07, 6.45) is 0.464. The number of morpholine rings is 1. The van der Waals surface area contributed by atoms with E-state index in [1.807, 2.05) is 53.4 Å². The molecule has 4 rings (SSSR count). The van der Waals surface area contributed by atoms with Crippen molar-refractivity contribution in [1.29, 1.82) is 0 Å². The van der Waals surface area contributed by atoms with E-state index in [4.69, 9.17) is 14.7 Å². The zero-order chi connectivity index (χ0) is 21.6. The second kappa shape index (κ2) is 9.88. The number of hydrogen-bond acceptors (Lipinski definition) is 5. The summed E-state index contributed by atoms with van der Waals surface area (Å²) in [6, 6.07) is 18.2. The van der Waals surface area contributed by atoms with Crippen LogP contribution in [0.25, 0.3) is 22.3 Å². The molecule has 1 saturated heterocycles. The smallest absolute Gasteiger partial charge is 0.224 e. The van der Waals surface area contributed by atoms with E-state index < -0.39 is 0 Å². The molecule has 0 bridgehead atoms. The van der Waals surface area contributed by atoms with Gasteiger partial charge >= 0.3 is 0 Å². The van der Waals surface area contributed by atoms with Gasteiger partial charge in [-0.25, -0.2) is 9.97 Å². The molecule has 31 heavy (non-hydrogen) atoms. The lowest BCUT2D eigenvalue weighted by atomic mass is 10.1. The van der Waals surface area contributed by atoms with E-state index in [1.165, 1.54) is 0 Å². The van der Waals surface area contributed by atoms with Crippen LogP contribution in [0.1, 0.15) is 20.3 Å². The average Bonchev–Trinajstić information content (AvgIpc) is 2.81. The van der Waals surface area contributed by atoms with Crippen LogP contribution in [0, 0.1) is 5.92 Å². The van der Waals surface area contributed by atoms with Crippen molar-refractivity contribution in [2.45, 2.75) is 20.3 Å². The molecular formula is C25H30N4O2. The van der Waals surface area contributed by atoms with Crippen molar-refractivity contribution in [3.8, 4) is 11.4 Å². The second-order valence-corrected chi connectivity index (χ2v) is 8.34. The third-order valence-corrected chi connectivity index (χ3v) is 5.46. The maximum Gasteiger partial charge on any atom is 0.224 e. The van der Waals surface area contributed by atoms with E-state index in [9.17, 15) is 4.79 Å². The number of amides is 1. The fourth-order valence-electron chi connectivity index (χ4n) is 3.94. The lowest BCUT2D eigenvalue weighted by Gasteiger charge is -2.30. The molecule has 2 aromatic carbocycles. The molecule has 3 aromatic rings. The van der Waals surface area contributed by atoms with Crippen LogP contribution in [0.5, 0.6) is 0 Å². The van der Waals surface area contributed by atoms with Gasteiger partial charge in [-0.05, 0) is 18.1 Å². The number of ether oxygens (including phenoxy) is 1. The van der Waals surface area contributed by atoms with Crippen LogP contribution in [-0.4, -0.2) is 60.2 Å². The predicted octanol–water partition coefficient (Wildman–Crippen LogP) is 4.01. The topological polar surface area (TPSA) is 58.6 Å². The number of nitrogens with zero attached hydrogens (tertiary/aromatic N) is 4. The Morgan fingerprint density at radius 1 is 1.03 bits per heavy atom. The number of benzene rings is 2. The Morgan fingerprint density at radius 3 is 2.48 bits per heavy atom. The van der Waals surface area contributed by atoms with E-state index in [0.29, 0.717) is 51.0 Å². The van der Waals surface area contributed by atoms with Gasteiger partial charge in [0.15, 0.2) is 5.82 Å². The maximum absolute atomic E-state index is 12.8. The predicted molar refractivity (Wildman–Crippen MR) is 124 cm³/mol. The Bertz CT molecular complexity index is 1020. The summed E-state index contributed by atoms with van der Waals surface area (Å²) in [5.41, 5.74) is 1.91. The highest BCUT2D eigenvalue weighted by atomic mass is 16.5. The number of hydrogen-bond donors (Lipinski definition) is 0. The van der Waals surface area contributed by atoms with Crippen LogP contribution in [-0.2, 0) is 9.53 Å². The van der Waals surface area contributed by atoms with Gasteiger partial charge in [0.2, 0.25) is 5.91 Å². The first kappa shape index (κ1) is 21.2. The molecule has 6 heteroatoms. The van der Waals surface area contributed by atoms with Gasteiger partial charge in [0, 0.05) is 43.5 Å². The maximum atomic E-state index is 12.8. The fourth-order valence-corrected chi connectivity index (χ4v) is 3.94. The van der Waals surface area contributed by atoms with Gasteiger partial charge in [-0.15, -0.1) is 0 Å². The van der Waals surface area contributed by atoms with E-state index in [-0.39, 0.29) is 5.91 Å². The van der Waals surface area contributed by atoms with Gasteiger partial charge in [0.1, 0.15) is 5.82 Å². The number of anilines is 1. The van der Waals surface area contributed by atoms with Gasteiger partial charge in [0.05, 0.1) is 18.7 Å². The molecule has 0 radical (unpaired) electrons. The Balaban J connectivity index is 1.66. The molecule has 1 amide bonds. The van der Waals surface area contributed by atoms with Crippen LogP contribution in [0.3, 0.4) is 0 Å². The molecule has 6 nitrogen and oxygen atoms in total. The number of carbonyl (C=O) groups is 1. The summed E-state index contributed by atoms with van der Waals surface area (Å²) in [4.78, 5) is 26.7. The lowest BCUT2D eigenvalue weighted by Crippen LogP contribution is -2.42. The summed E-state index contributed by atoms with van der Waals surface area (Å²) >= 11 is 0. The molecule has 2 heterocycles. The van der Waals surface area contributed by atoms with Gasteiger partial charge in [-0.1, -0.05) is 56.3 Å². The number of carbonyl (C=O) groups excluding carboxylic acids is 1. The number of rotatable bonds is 7. The van der Waals surface area contributed by atoms with Crippen molar-refractivity contribution < 1.29 is 9.53 Å². The fraction of sp³-hybridized carbons (Fsp3) is 0.400. The van der Waals surface area contributed by atoms with Gasteiger partial charge in [-0.2, -0.15) is 0 Å². The second-order valence-electron chi connectivity index (χ2n) is 8.34. The largest absolute Gasteiger partial charge is 0.378 e. The molecular weight excluding hydrogens is 388 g/mol. The highest BCUT2D eigenvalue weighted by molar-refractivity contribution is 5.91. The minimum Gasteiger partial charge on any atom is -0.378 e. The van der Waals surface area contributed by atoms with E-state index in [1.54, 1.807) is 0 Å². The van der Waals surface area contributed by atoms with Crippen LogP contribution in [0.2, 0.25) is 0 Å². The third-order valence-electron chi connectivity index (χ3n) is 5.46. The van der Waals surface area contributed by atoms with Crippen LogP contribution >= 0.6 is 0 Å². The molecule has 162 valence electrons. The van der Waals surface area contributed by atoms with Crippen molar-refractivity contribution in [1.82, 2.24) is 14.9 Å². The standard InChI is InChI=1S/C25H30N4O2/c1-19(2)18-29(13-12-23(30)28-14-16-31-17-15-28)25-21-10-6-7-11-22(21)26-24(27-25)20-8-4-3-5-9-20/h3-11,19H,12-18H2,1-2H3. The van der Waals surface area contributed by atoms with Gasteiger partial charge in [-0.3, -0.25) is 4.79 Å². The summed E-state index contributed by atoms with van der Waals surface area (Å²) in [6.45, 7) is 8.44. The van der Waals surface area contributed by atoms with Crippen molar-refractivity contribution in [3.05, 3.63) is 54.6 Å². The number of fused-ring (bicyclic) bond motifs is 1. The molecule has 0 aliphatic carbocycles. The molecule has 0 saturated carbocycles. The summed E-state index contributed by atoms with van der Waals surface area (Å²) in [7, 11) is 0. The number of para-hydroxylation sites is 1. The summed E-state index contributed by atoms with van der Waals surface area (Å²) in [5.74, 6) is 2.22. The van der Waals surface area contributed by atoms with Gasteiger partial charge in [0.25, 0.3) is 0 Å². The normalized spacial score (nSPS) is 14.2. The quantitative estimate of drug-likeness (QED) is 0.580. The molecule has 0 spiro atoms. The lowest BCUT2D eigenvalue weighted by molar-refractivity contribution is -0.135. The van der Waals surface area contributed by atoms with Crippen molar-refractivity contribution in [2.75, 3.05) is 44.3 Å². The van der Waals surface area contributed by atoms with Crippen molar-refractivity contribution >= 4 is 22.6 Å². The first-order valence-electron chi connectivity index (χ1n) is 11.0. The first-order valence-corrected chi connectivity index (χ1v) is 11.0. The van der Waals surface area contributed by atoms with Crippen molar-refractivity contribution in [3.63, 3.8) is 0 Å². The van der Waals surface area contributed by atoms with Crippen LogP contribution in [0.4, 0.5) is 5.82 Å². The molecule has 1 aromatic heterocycles.